The maximum atomic E-state index is 6.11. The number of benzene rings is 2. The van der Waals surface area contributed by atoms with Crippen LogP contribution >= 0.6 is 12.4 Å². The fraction of sp³-hybridized carbons (Fsp3) is 0.455. The maximum Gasteiger partial charge on any atom is 0.118 e. The molecule has 142 valence electrons. The second-order valence-corrected chi connectivity index (χ2v) is 7.56. The lowest BCUT2D eigenvalue weighted by atomic mass is 9.83. The fourth-order valence-electron chi connectivity index (χ4n) is 3.55. The molecule has 0 spiro atoms. The number of nitrogens with one attached hydrogen (secondary N) is 1. The molecule has 0 amide bonds. The van der Waals surface area contributed by atoms with Crippen LogP contribution in [-0.2, 0) is 17.7 Å². The zero-order valence-electron chi connectivity index (χ0n) is 15.9. The van der Waals surface area contributed by atoms with Crippen LogP contribution in [0.4, 0.5) is 0 Å². The van der Waals surface area contributed by atoms with Gasteiger partial charge in [0.15, 0.2) is 0 Å². The summed E-state index contributed by atoms with van der Waals surface area (Å²) in [5, 5.41) is 3.78. The van der Waals surface area contributed by atoms with Crippen LogP contribution in [0.15, 0.2) is 54.6 Å². The van der Waals surface area contributed by atoms with Crippen LogP contribution in [0.1, 0.15) is 31.4 Å². The van der Waals surface area contributed by atoms with Gasteiger partial charge in [-0.25, -0.2) is 0 Å². The molecule has 1 aliphatic heterocycles. The van der Waals surface area contributed by atoms with Crippen LogP contribution in [0, 0.1) is 5.92 Å². The Morgan fingerprint density at radius 3 is 2.38 bits per heavy atom. The van der Waals surface area contributed by atoms with E-state index in [1.165, 1.54) is 11.1 Å². The minimum Gasteiger partial charge on any atom is -0.497 e. The first kappa shape index (κ1) is 20.8. The summed E-state index contributed by atoms with van der Waals surface area (Å²) in [5.74, 6) is 1.39. The smallest absolute Gasteiger partial charge is 0.118 e. The van der Waals surface area contributed by atoms with Crippen molar-refractivity contribution in [3.05, 3.63) is 65.7 Å². The molecule has 1 N–H and O–H groups in total. The fourth-order valence-corrected chi connectivity index (χ4v) is 3.55. The molecule has 2 unspecified atom stereocenters. The second kappa shape index (κ2) is 9.40. The van der Waals surface area contributed by atoms with Gasteiger partial charge >= 0.3 is 0 Å². The quantitative estimate of drug-likeness (QED) is 0.798. The Labute approximate surface area is 163 Å². The van der Waals surface area contributed by atoms with E-state index in [2.05, 4.69) is 61.6 Å². The summed E-state index contributed by atoms with van der Waals surface area (Å²) in [4.78, 5) is 0. The highest BCUT2D eigenvalue weighted by Crippen LogP contribution is 2.30. The van der Waals surface area contributed by atoms with Crippen molar-refractivity contribution < 1.29 is 9.47 Å². The molecule has 26 heavy (non-hydrogen) atoms. The van der Waals surface area contributed by atoms with Crippen LogP contribution in [0.2, 0.25) is 0 Å². The SMILES string of the molecule is COc1ccc(CNC2CC(C)(C)OCC2Cc2ccccc2)cc1.Cl. The van der Waals surface area contributed by atoms with Gasteiger partial charge in [0.2, 0.25) is 0 Å². The van der Waals surface area contributed by atoms with Gasteiger partial charge in [-0.1, -0.05) is 42.5 Å². The number of hydrogen-bond acceptors (Lipinski definition) is 3. The van der Waals surface area contributed by atoms with E-state index in [4.69, 9.17) is 9.47 Å². The Bertz CT molecular complexity index is 658. The van der Waals surface area contributed by atoms with E-state index in [0.29, 0.717) is 12.0 Å². The first-order valence-corrected chi connectivity index (χ1v) is 9.10. The second-order valence-electron chi connectivity index (χ2n) is 7.56. The highest BCUT2D eigenvalue weighted by atomic mass is 35.5. The lowest BCUT2D eigenvalue weighted by Crippen LogP contribution is -2.50. The predicted molar refractivity (Wildman–Crippen MR) is 109 cm³/mol. The van der Waals surface area contributed by atoms with E-state index < -0.39 is 0 Å². The highest BCUT2D eigenvalue weighted by Gasteiger charge is 2.35. The van der Waals surface area contributed by atoms with Crippen LogP contribution < -0.4 is 10.1 Å². The van der Waals surface area contributed by atoms with E-state index in [-0.39, 0.29) is 18.0 Å². The molecule has 2 aromatic rings. The molecule has 1 aliphatic rings. The molecule has 0 saturated carbocycles. The topological polar surface area (TPSA) is 30.5 Å². The third kappa shape index (κ3) is 5.73. The van der Waals surface area contributed by atoms with Gasteiger partial charge in [0.05, 0.1) is 19.3 Å². The molecule has 2 atom stereocenters. The Morgan fingerprint density at radius 2 is 1.73 bits per heavy atom. The minimum absolute atomic E-state index is 0. The van der Waals surface area contributed by atoms with Crippen molar-refractivity contribution in [2.75, 3.05) is 13.7 Å². The lowest BCUT2D eigenvalue weighted by molar-refractivity contribution is -0.0906. The van der Waals surface area contributed by atoms with E-state index in [0.717, 1.165) is 31.7 Å². The monoisotopic (exact) mass is 375 g/mol. The van der Waals surface area contributed by atoms with Crippen molar-refractivity contribution in [1.29, 1.82) is 0 Å². The van der Waals surface area contributed by atoms with Gasteiger partial charge in [-0.05, 0) is 49.9 Å². The van der Waals surface area contributed by atoms with E-state index in [1.807, 2.05) is 12.1 Å². The summed E-state index contributed by atoms with van der Waals surface area (Å²) in [7, 11) is 1.70. The summed E-state index contributed by atoms with van der Waals surface area (Å²) in [6.45, 7) is 6.06. The van der Waals surface area contributed by atoms with Gasteiger partial charge < -0.3 is 14.8 Å². The summed E-state index contributed by atoms with van der Waals surface area (Å²) < 4.78 is 11.3. The van der Waals surface area contributed by atoms with Gasteiger partial charge in [-0.2, -0.15) is 0 Å². The van der Waals surface area contributed by atoms with Crippen LogP contribution in [0.3, 0.4) is 0 Å². The number of rotatable bonds is 6. The third-order valence-electron chi connectivity index (χ3n) is 5.04. The lowest BCUT2D eigenvalue weighted by Gasteiger charge is -2.41. The third-order valence-corrected chi connectivity index (χ3v) is 5.04. The summed E-state index contributed by atoms with van der Waals surface area (Å²) in [6, 6.07) is 19.5. The zero-order valence-corrected chi connectivity index (χ0v) is 16.7. The standard InChI is InChI=1S/C22H29NO2.ClH/c1-22(2)14-21(23-15-18-9-11-20(24-3)12-10-18)19(16-25-22)13-17-7-5-4-6-8-17;/h4-12,19,21,23H,13-16H2,1-3H3;1H. The molecule has 0 radical (unpaired) electrons. The molecule has 0 aliphatic carbocycles. The highest BCUT2D eigenvalue weighted by molar-refractivity contribution is 5.85. The number of halogens is 1. The summed E-state index contributed by atoms with van der Waals surface area (Å²) >= 11 is 0. The Balaban J connectivity index is 0.00000243. The first-order chi connectivity index (χ1) is 12.1. The molecule has 3 rings (SSSR count). The molecule has 2 aromatic carbocycles. The van der Waals surface area contributed by atoms with Crippen molar-refractivity contribution in [1.82, 2.24) is 5.32 Å². The van der Waals surface area contributed by atoms with Crippen molar-refractivity contribution in [2.24, 2.45) is 5.92 Å². The Kier molecular flexibility index (Phi) is 7.51. The molecule has 0 aromatic heterocycles. The van der Waals surface area contributed by atoms with Gasteiger partial charge in [0, 0.05) is 18.5 Å². The van der Waals surface area contributed by atoms with Crippen LogP contribution in [0.5, 0.6) is 5.75 Å². The van der Waals surface area contributed by atoms with Crippen molar-refractivity contribution in [2.45, 2.75) is 44.9 Å². The maximum absolute atomic E-state index is 6.11. The van der Waals surface area contributed by atoms with Crippen molar-refractivity contribution in [3.8, 4) is 5.75 Å². The van der Waals surface area contributed by atoms with E-state index in [1.54, 1.807) is 7.11 Å². The zero-order chi connectivity index (χ0) is 17.7. The summed E-state index contributed by atoms with van der Waals surface area (Å²) in [6.07, 6.45) is 2.08. The summed E-state index contributed by atoms with van der Waals surface area (Å²) in [5.41, 5.74) is 2.60. The molecule has 1 heterocycles. The Hall–Kier alpha value is -1.55. The number of ether oxygens (including phenoxy) is 2. The average molecular weight is 376 g/mol. The van der Waals surface area contributed by atoms with Crippen molar-refractivity contribution >= 4 is 12.4 Å². The number of methoxy groups -OCH3 is 1. The molecule has 3 nitrogen and oxygen atoms in total. The molecular weight excluding hydrogens is 346 g/mol. The molecular formula is C22H30ClNO2. The molecule has 1 saturated heterocycles. The predicted octanol–water partition coefficient (Wildman–Crippen LogP) is 4.63. The largest absolute Gasteiger partial charge is 0.497 e. The van der Waals surface area contributed by atoms with Gasteiger partial charge in [0.1, 0.15) is 5.75 Å². The van der Waals surface area contributed by atoms with Crippen LogP contribution in [-0.4, -0.2) is 25.4 Å². The molecule has 1 fully saturated rings. The van der Waals surface area contributed by atoms with Gasteiger partial charge in [0.25, 0.3) is 0 Å². The molecule has 4 heteroatoms. The average Bonchev–Trinajstić information content (AvgIpc) is 2.63. The van der Waals surface area contributed by atoms with Crippen molar-refractivity contribution in [3.63, 3.8) is 0 Å². The number of hydrogen-bond donors (Lipinski definition) is 1. The van der Waals surface area contributed by atoms with Crippen LogP contribution in [0.25, 0.3) is 0 Å². The Morgan fingerprint density at radius 1 is 1.04 bits per heavy atom. The minimum atomic E-state index is -0.0647. The normalized spacial score (nSPS) is 21.7. The van der Waals surface area contributed by atoms with E-state index >= 15 is 0 Å². The van der Waals surface area contributed by atoms with Gasteiger partial charge in [-0.15, -0.1) is 12.4 Å². The van der Waals surface area contributed by atoms with Gasteiger partial charge in [-0.3, -0.25) is 0 Å². The first-order valence-electron chi connectivity index (χ1n) is 9.10. The molecule has 0 bridgehead atoms. The van der Waals surface area contributed by atoms with E-state index in [9.17, 15) is 0 Å².